The van der Waals surface area contributed by atoms with E-state index < -0.39 is 0 Å². The third kappa shape index (κ3) is 3.59. The topological polar surface area (TPSA) is 21.3 Å². The van der Waals surface area contributed by atoms with Crippen LogP contribution in [0.5, 0.6) is 5.75 Å². The van der Waals surface area contributed by atoms with Gasteiger partial charge in [-0.05, 0) is 57.5 Å². The highest BCUT2D eigenvalue weighted by molar-refractivity contribution is 9.10. The standard InChI is InChI=1S/C15H18BrNOS/c1-3-6-17-8-11-7-12(18-2)4-5-13(11)14-9-19-10-15(14)16/h4-5,7,9-10,17H,3,6,8H2,1-2H3. The zero-order valence-electron chi connectivity index (χ0n) is 11.2. The first kappa shape index (κ1) is 14.6. The quantitative estimate of drug-likeness (QED) is 0.771. The molecule has 0 atom stereocenters. The van der Waals surface area contributed by atoms with Gasteiger partial charge in [0.25, 0.3) is 0 Å². The number of nitrogens with one attached hydrogen (secondary N) is 1. The Labute approximate surface area is 126 Å². The van der Waals surface area contributed by atoms with Crippen molar-refractivity contribution in [2.24, 2.45) is 0 Å². The molecule has 1 heterocycles. The van der Waals surface area contributed by atoms with Crippen LogP contribution in [0, 0.1) is 0 Å². The van der Waals surface area contributed by atoms with E-state index in [9.17, 15) is 0 Å². The first-order chi connectivity index (χ1) is 9.26. The van der Waals surface area contributed by atoms with Crippen LogP contribution >= 0.6 is 27.3 Å². The van der Waals surface area contributed by atoms with E-state index in [-0.39, 0.29) is 0 Å². The van der Waals surface area contributed by atoms with Crippen LogP contribution in [0.2, 0.25) is 0 Å². The minimum absolute atomic E-state index is 0.864. The van der Waals surface area contributed by atoms with Gasteiger partial charge in [-0.15, -0.1) is 0 Å². The Kier molecular flexibility index (Phi) is 5.43. The van der Waals surface area contributed by atoms with Crippen LogP contribution in [0.3, 0.4) is 0 Å². The van der Waals surface area contributed by atoms with Crippen molar-refractivity contribution >= 4 is 27.3 Å². The van der Waals surface area contributed by atoms with Crippen molar-refractivity contribution in [2.45, 2.75) is 19.9 Å². The highest BCUT2D eigenvalue weighted by atomic mass is 79.9. The van der Waals surface area contributed by atoms with Gasteiger partial charge in [0.05, 0.1) is 7.11 Å². The number of thiophene rings is 1. The van der Waals surface area contributed by atoms with Gasteiger partial charge >= 0.3 is 0 Å². The van der Waals surface area contributed by atoms with Crippen molar-refractivity contribution in [3.8, 4) is 16.9 Å². The summed E-state index contributed by atoms with van der Waals surface area (Å²) in [4.78, 5) is 0. The molecule has 1 aromatic carbocycles. The maximum atomic E-state index is 5.33. The minimum atomic E-state index is 0.864. The average molecular weight is 340 g/mol. The molecule has 0 saturated carbocycles. The molecule has 4 heteroatoms. The summed E-state index contributed by atoms with van der Waals surface area (Å²) >= 11 is 5.32. The van der Waals surface area contributed by atoms with E-state index in [0.29, 0.717) is 0 Å². The van der Waals surface area contributed by atoms with Gasteiger partial charge in [0, 0.05) is 22.0 Å². The van der Waals surface area contributed by atoms with E-state index in [1.54, 1.807) is 18.4 Å². The first-order valence-electron chi connectivity index (χ1n) is 6.36. The van der Waals surface area contributed by atoms with Gasteiger partial charge in [0.1, 0.15) is 5.75 Å². The summed E-state index contributed by atoms with van der Waals surface area (Å²) in [6.45, 7) is 4.07. The van der Waals surface area contributed by atoms with E-state index in [1.807, 2.05) is 6.07 Å². The molecule has 0 aliphatic rings. The Hall–Kier alpha value is -0.840. The van der Waals surface area contributed by atoms with Gasteiger partial charge in [-0.25, -0.2) is 0 Å². The zero-order chi connectivity index (χ0) is 13.7. The van der Waals surface area contributed by atoms with Gasteiger partial charge < -0.3 is 10.1 Å². The highest BCUT2D eigenvalue weighted by Crippen LogP contribution is 2.35. The average Bonchev–Trinajstić information content (AvgIpc) is 2.85. The predicted molar refractivity (Wildman–Crippen MR) is 86.0 cm³/mol. The second kappa shape index (κ2) is 7.08. The second-order valence-corrected chi connectivity index (χ2v) is 5.93. The number of benzene rings is 1. The normalized spacial score (nSPS) is 10.7. The van der Waals surface area contributed by atoms with Gasteiger partial charge in [-0.2, -0.15) is 11.3 Å². The minimum Gasteiger partial charge on any atom is -0.497 e. The fourth-order valence-electron chi connectivity index (χ4n) is 1.98. The van der Waals surface area contributed by atoms with Crippen molar-refractivity contribution in [1.29, 1.82) is 0 Å². The molecule has 0 aliphatic heterocycles. The fraction of sp³-hybridized carbons (Fsp3) is 0.333. The zero-order valence-corrected chi connectivity index (χ0v) is 13.6. The lowest BCUT2D eigenvalue weighted by atomic mass is 10.0. The van der Waals surface area contributed by atoms with Gasteiger partial charge in [0.2, 0.25) is 0 Å². The monoisotopic (exact) mass is 339 g/mol. The molecule has 0 saturated heterocycles. The first-order valence-corrected chi connectivity index (χ1v) is 8.09. The van der Waals surface area contributed by atoms with Crippen LogP contribution in [0.15, 0.2) is 33.4 Å². The van der Waals surface area contributed by atoms with E-state index in [2.05, 4.69) is 51.1 Å². The number of hydrogen-bond donors (Lipinski definition) is 1. The van der Waals surface area contributed by atoms with Crippen LogP contribution in [-0.4, -0.2) is 13.7 Å². The SMILES string of the molecule is CCCNCc1cc(OC)ccc1-c1cscc1Br. The van der Waals surface area contributed by atoms with E-state index >= 15 is 0 Å². The summed E-state index contributed by atoms with van der Waals surface area (Å²) in [7, 11) is 1.71. The van der Waals surface area contributed by atoms with Crippen LogP contribution < -0.4 is 10.1 Å². The Balaban J connectivity index is 2.33. The molecule has 0 radical (unpaired) electrons. The molecule has 2 nitrogen and oxygen atoms in total. The van der Waals surface area contributed by atoms with Crippen molar-refractivity contribution < 1.29 is 4.74 Å². The summed E-state index contributed by atoms with van der Waals surface area (Å²) in [5.74, 6) is 0.906. The molecule has 0 unspecified atom stereocenters. The molecule has 102 valence electrons. The molecule has 0 aliphatic carbocycles. The molecule has 0 fully saturated rings. The Bertz CT molecular complexity index is 539. The smallest absolute Gasteiger partial charge is 0.119 e. The van der Waals surface area contributed by atoms with Crippen molar-refractivity contribution in [3.63, 3.8) is 0 Å². The van der Waals surface area contributed by atoms with E-state index in [4.69, 9.17) is 4.74 Å². The maximum absolute atomic E-state index is 5.33. The van der Waals surface area contributed by atoms with Crippen LogP contribution in [0.25, 0.3) is 11.1 Å². The summed E-state index contributed by atoms with van der Waals surface area (Å²) < 4.78 is 6.48. The molecule has 0 spiro atoms. The van der Waals surface area contributed by atoms with Gasteiger partial charge in [-0.1, -0.05) is 13.0 Å². The number of halogens is 1. The molecule has 2 aromatic rings. The van der Waals surface area contributed by atoms with Crippen molar-refractivity contribution in [3.05, 3.63) is 39.0 Å². The Morgan fingerprint density at radius 1 is 1.26 bits per heavy atom. The molecular weight excluding hydrogens is 322 g/mol. The maximum Gasteiger partial charge on any atom is 0.119 e. The molecule has 0 bridgehead atoms. The molecule has 0 amide bonds. The van der Waals surface area contributed by atoms with Gasteiger partial charge in [0.15, 0.2) is 0 Å². The number of hydrogen-bond acceptors (Lipinski definition) is 3. The number of rotatable bonds is 6. The lowest BCUT2D eigenvalue weighted by Crippen LogP contribution is -2.14. The van der Waals surface area contributed by atoms with Crippen molar-refractivity contribution in [2.75, 3.05) is 13.7 Å². The van der Waals surface area contributed by atoms with Crippen molar-refractivity contribution in [1.82, 2.24) is 5.32 Å². The largest absolute Gasteiger partial charge is 0.497 e. The number of ether oxygens (including phenoxy) is 1. The number of methoxy groups -OCH3 is 1. The lowest BCUT2D eigenvalue weighted by Gasteiger charge is -2.12. The summed E-state index contributed by atoms with van der Waals surface area (Å²) in [5.41, 5.74) is 3.78. The van der Waals surface area contributed by atoms with Gasteiger partial charge in [-0.3, -0.25) is 0 Å². The fourth-order valence-corrected chi connectivity index (χ4v) is 3.49. The Morgan fingerprint density at radius 2 is 2.11 bits per heavy atom. The highest BCUT2D eigenvalue weighted by Gasteiger charge is 2.10. The second-order valence-electron chi connectivity index (χ2n) is 4.33. The molecule has 19 heavy (non-hydrogen) atoms. The molecule has 2 rings (SSSR count). The van der Waals surface area contributed by atoms with Crippen LogP contribution in [0.4, 0.5) is 0 Å². The lowest BCUT2D eigenvalue weighted by molar-refractivity contribution is 0.414. The summed E-state index contributed by atoms with van der Waals surface area (Å²) in [5, 5.41) is 7.75. The summed E-state index contributed by atoms with van der Waals surface area (Å²) in [6.07, 6.45) is 1.14. The summed E-state index contributed by atoms with van der Waals surface area (Å²) in [6, 6.07) is 6.26. The van der Waals surface area contributed by atoms with Crippen LogP contribution in [-0.2, 0) is 6.54 Å². The molecular formula is C15H18BrNOS. The predicted octanol–water partition coefficient (Wildman–Crippen LogP) is 4.69. The third-order valence-corrected chi connectivity index (χ3v) is 4.66. The Morgan fingerprint density at radius 3 is 2.74 bits per heavy atom. The molecule has 1 aromatic heterocycles. The van der Waals surface area contributed by atoms with E-state index in [0.717, 1.165) is 29.7 Å². The molecule has 1 N–H and O–H groups in total. The van der Waals surface area contributed by atoms with E-state index in [1.165, 1.54) is 16.7 Å². The third-order valence-electron chi connectivity index (χ3n) is 2.96. The van der Waals surface area contributed by atoms with Crippen LogP contribution in [0.1, 0.15) is 18.9 Å².